The van der Waals surface area contributed by atoms with E-state index in [0.717, 1.165) is 16.8 Å². The topological polar surface area (TPSA) is 85.2 Å². The van der Waals surface area contributed by atoms with E-state index < -0.39 is 6.23 Å². The van der Waals surface area contributed by atoms with Crippen molar-refractivity contribution in [2.45, 2.75) is 12.8 Å². The molecule has 0 aliphatic carbocycles. The zero-order chi connectivity index (χ0) is 20.9. The first-order chi connectivity index (χ1) is 14.7. The van der Waals surface area contributed by atoms with Crippen LogP contribution >= 0.6 is 0 Å². The highest BCUT2D eigenvalue weighted by molar-refractivity contribution is 6.14. The van der Waals surface area contributed by atoms with Gasteiger partial charge in [-0.3, -0.25) is 4.79 Å². The molecule has 0 radical (unpaired) electrons. The molecule has 0 saturated carbocycles. The number of aliphatic hydroxyl groups is 1. The van der Waals surface area contributed by atoms with Gasteiger partial charge in [-0.05, 0) is 35.4 Å². The highest BCUT2D eigenvalue weighted by atomic mass is 16.4. The van der Waals surface area contributed by atoms with Gasteiger partial charge in [-0.1, -0.05) is 65.8 Å². The first-order valence-corrected chi connectivity index (χ1v) is 9.55. The summed E-state index contributed by atoms with van der Waals surface area (Å²) in [5.41, 5.74) is 3.95. The Morgan fingerprint density at radius 2 is 1.73 bits per heavy atom. The van der Waals surface area contributed by atoms with Crippen LogP contribution in [0.15, 0.2) is 90.1 Å². The standard InChI is InChI=1S/C24H21N3O3/c28-22(14-11-17-7-3-1-4-8-17)25-19-12-13-21-20(15-19)23(26-30)24(29)27(21)16-18-9-5-2-6-10-18/h1-15,24,29-30H,16H2,(H,25,28)/b14-11+,26-23-. The van der Waals surface area contributed by atoms with Gasteiger partial charge in [0.25, 0.3) is 0 Å². The fourth-order valence-electron chi connectivity index (χ4n) is 3.47. The van der Waals surface area contributed by atoms with E-state index in [1.165, 1.54) is 6.08 Å². The minimum absolute atomic E-state index is 0.150. The number of carbonyl (C=O) groups excluding carboxylic acids is 1. The van der Waals surface area contributed by atoms with Crippen molar-refractivity contribution in [1.29, 1.82) is 0 Å². The molecule has 30 heavy (non-hydrogen) atoms. The summed E-state index contributed by atoms with van der Waals surface area (Å²) in [6.45, 7) is 0.458. The predicted molar refractivity (Wildman–Crippen MR) is 118 cm³/mol. The van der Waals surface area contributed by atoms with Crippen molar-refractivity contribution in [3.05, 3.63) is 102 Å². The third-order valence-electron chi connectivity index (χ3n) is 4.92. The van der Waals surface area contributed by atoms with Gasteiger partial charge in [-0.2, -0.15) is 0 Å². The molecule has 150 valence electrons. The Kier molecular flexibility index (Phi) is 5.59. The van der Waals surface area contributed by atoms with Crippen LogP contribution in [0.5, 0.6) is 0 Å². The first-order valence-electron chi connectivity index (χ1n) is 9.55. The normalized spacial score (nSPS) is 16.8. The van der Waals surface area contributed by atoms with Gasteiger partial charge >= 0.3 is 0 Å². The lowest BCUT2D eigenvalue weighted by atomic mass is 10.1. The zero-order valence-corrected chi connectivity index (χ0v) is 16.1. The Balaban J connectivity index is 1.54. The van der Waals surface area contributed by atoms with Crippen LogP contribution in [0.4, 0.5) is 11.4 Å². The van der Waals surface area contributed by atoms with E-state index >= 15 is 0 Å². The summed E-state index contributed by atoms with van der Waals surface area (Å²) in [5.74, 6) is -0.277. The third-order valence-corrected chi connectivity index (χ3v) is 4.92. The summed E-state index contributed by atoms with van der Waals surface area (Å²) < 4.78 is 0. The molecule has 1 atom stereocenters. The number of nitrogens with one attached hydrogen (secondary N) is 1. The zero-order valence-electron chi connectivity index (χ0n) is 16.1. The Labute approximate surface area is 174 Å². The number of oxime groups is 1. The fourth-order valence-corrected chi connectivity index (χ4v) is 3.47. The first kappa shape index (κ1) is 19.4. The minimum atomic E-state index is -1.07. The molecule has 1 aliphatic heterocycles. The number of aliphatic hydroxyl groups excluding tert-OH is 1. The monoisotopic (exact) mass is 399 g/mol. The lowest BCUT2D eigenvalue weighted by molar-refractivity contribution is -0.111. The van der Waals surface area contributed by atoms with Crippen LogP contribution in [0.3, 0.4) is 0 Å². The van der Waals surface area contributed by atoms with Gasteiger partial charge in [0.2, 0.25) is 5.91 Å². The second-order valence-electron chi connectivity index (χ2n) is 6.94. The number of amides is 1. The van der Waals surface area contributed by atoms with Crippen molar-refractivity contribution < 1.29 is 15.1 Å². The van der Waals surface area contributed by atoms with Crippen molar-refractivity contribution in [3.63, 3.8) is 0 Å². The van der Waals surface area contributed by atoms with Crippen molar-refractivity contribution in [2.75, 3.05) is 10.2 Å². The quantitative estimate of drug-likeness (QED) is 0.346. The highest BCUT2D eigenvalue weighted by Gasteiger charge is 2.34. The molecule has 1 unspecified atom stereocenters. The molecule has 0 spiro atoms. The molecular weight excluding hydrogens is 378 g/mol. The lowest BCUT2D eigenvalue weighted by Gasteiger charge is -2.23. The van der Waals surface area contributed by atoms with E-state index in [1.54, 1.807) is 29.2 Å². The molecule has 0 bridgehead atoms. The molecule has 4 rings (SSSR count). The van der Waals surface area contributed by atoms with Crippen LogP contribution in [0.2, 0.25) is 0 Å². The molecule has 1 amide bonds. The average Bonchev–Trinajstić information content (AvgIpc) is 3.04. The smallest absolute Gasteiger partial charge is 0.248 e. The summed E-state index contributed by atoms with van der Waals surface area (Å²) in [6, 6.07) is 24.5. The Morgan fingerprint density at radius 3 is 2.43 bits per heavy atom. The lowest BCUT2D eigenvalue weighted by Crippen LogP contribution is -2.34. The van der Waals surface area contributed by atoms with E-state index in [4.69, 9.17) is 0 Å². The Morgan fingerprint density at radius 1 is 1.03 bits per heavy atom. The van der Waals surface area contributed by atoms with Gasteiger partial charge in [0.05, 0.1) is 0 Å². The van der Waals surface area contributed by atoms with Gasteiger partial charge in [-0.15, -0.1) is 0 Å². The van der Waals surface area contributed by atoms with E-state index in [9.17, 15) is 15.1 Å². The van der Waals surface area contributed by atoms with E-state index in [1.807, 2.05) is 60.7 Å². The number of nitrogens with zero attached hydrogens (tertiary/aromatic N) is 2. The van der Waals surface area contributed by atoms with Crippen LogP contribution in [-0.2, 0) is 11.3 Å². The number of hydrogen-bond acceptors (Lipinski definition) is 5. The van der Waals surface area contributed by atoms with Crippen molar-refractivity contribution in [1.82, 2.24) is 0 Å². The summed E-state index contributed by atoms with van der Waals surface area (Å²) in [5, 5.41) is 26.2. The fraction of sp³-hybridized carbons (Fsp3) is 0.0833. The average molecular weight is 399 g/mol. The number of rotatable bonds is 5. The summed E-state index contributed by atoms with van der Waals surface area (Å²) >= 11 is 0. The molecule has 6 heteroatoms. The number of fused-ring (bicyclic) bond motifs is 1. The number of hydrogen-bond donors (Lipinski definition) is 3. The van der Waals surface area contributed by atoms with E-state index in [0.29, 0.717) is 17.8 Å². The van der Waals surface area contributed by atoms with Crippen molar-refractivity contribution in [3.8, 4) is 0 Å². The molecule has 3 aromatic carbocycles. The summed E-state index contributed by atoms with van der Waals surface area (Å²) in [4.78, 5) is 14.0. The molecule has 3 aromatic rings. The molecule has 6 nitrogen and oxygen atoms in total. The van der Waals surface area contributed by atoms with Gasteiger partial charge < -0.3 is 20.5 Å². The van der Waals surface area contributed by atoms with Gasteiger partial charge in [0.1, 0.15) is 5.71 Å². The molecule has 0 fully saturated rings. The Bertz CT molecular complexity index is 1100. The van der Waals surface area contributed by atoms with Crippen LogP contribution in [-0.4, -0.2) is 28.2 Å². The largest absolute Gasteiger partial charge is 0.410 e. The van der Waals surface area contributed by atoms with Crippen LogP contribution in [0, 0.1) is 0 Å². The van der Waals surface area contributed by atoms with Crippen molar-refractivity contribution in [2.24, 2.45) is 5.16 Å². The molecule has 3 N–H and O–H groups in total. The number of anilines is 2. The highest BCUT2D eigenvalue weighted by Crippen LogP contribution is 2.35. The van der Waals surface area contributed by atoms with Gasteiger partial charge in [0, 0.05) is 29.6 Å². The van der Waals surface area contributed by atoms with Crippen LogP contribution in [0.25, 0.3) is 6.08 Å². The van der Waals surface area contributed by atoms with Crippen LogP contribution in [0.1, 0.15) is 16.7 Å². The van der Waals surface area contributed by atoms with Crippen LogP contribution < -0.4 is 10.2 Å². The minimum Gasteiger partial charge on any atom is -0.410 e. The number of carbonyl (C=O) groups is 1. The maximum atomic E-state index is 12.3. The second-order valence-corrected chi connectivity index (χ2v) is 6.94. The summed E-state index contributed by atoms with van der Waals surface area (Å²) in [7, 11) is 0. The van der Waals surface area contributed by atoms with E-state index in [-0.39, 0.29) is 11.6 Å². The number of benzene rings is 3. The van der Waals surface area contributed by atoms with Crippen molar-refractivity contribution >= 4 is 29.1 Å². The Hall–Kier alpha value is -3.90. The molecule has 1 aliphatic rings. The molecule has 1 heterocycles. The molecule has 0 saturated heterocycles. The molecule has 0 aromatic heterocycles. The SMILES string of the molecule is O=C(/C=C/c1ccccc1)Nc1ccc2c(c1)/C(=N/O)C(O)N2Cc1ccccc1. The maximum absolute atomic E-state index is 12.3. The van der Waals surface area contributed by atoms with E-state index in [2.05, 4.69) is 10.5 Å². The van der Waals surface area contributed by atoms with Gasteiger partial charge in [0.15, 0.2) is 6.23 Å². The second kappa shape index (κ2) is 8.63. The maximum Gasteiger partial charge on any atom is 0.248 e. The predicted octanol–water partition coefficient (Wildman–Crippen LogP) is 3.86. The molecular formula is C24H21N3O3. The summed E-state index contributed by atoms with van der Waals surface area (Å²) in [6.07, 6.45) is 2.11. The third kappa shape index (κ3) is 4.09. The van der Waals surface area contributed by atoms with Gasteiger partial charge in [-0.25, -0.2) is 0 Å².